The van der Waals surface area contributed by atoms with Gasteiger partial charge in [0.2, 0.25) is 15.9 Å². The largest absolute Gasteiger partial charge is 0.496 e. The van der Waals surface area contributed by atoms with Crippen LogP contribution in [0.15, 0.2) is 35.2 Å². The zero-order chi connectivity index (χ0) is 29.9. The van der Waals surface area contributed by atoms with E-state index in [0.29, 0.717) is 56.1 Å². The Morgan fingerprint density at radius 1 is 1.10 bits per heavy atom. The summed E-state index contributed by atoms with van der Waals surface area (Å²) in [5.74, 6) is 0.392. The van der Waals surface area contributed by atoms with E-state index in [2.05, 4.69) is 0 Å². The van der Waals surface area contributed by atoms with Crippen molar-refractivity contribution < 1.29 is 32.6 Å². The minimum atomic E-state index is -4.04. The number of amides is 2. The summed E-state index contributed by atoms with van der Waals surface area (Å²) in [6, 6.07) is 7.64. The van der Waals surface area contributed by atoms with E-state index in [1.54, 1.807) is 9.80 Å². The molecule has 2 heterocycles. The third-order valence-corrected chi connectivity index (χ3v) is 9.48. The Morgan fingerprint density at radius 3 is 2.37 bits per heavy atom. The van der Waals surface area contributed by atoms with Crippen LogP contribution in [-0.2, 0) is 14.8 Å². The molecule has 0 aliphatic carbocycles. The monoisotopic (exact) mass is 607 g/mol. The molecule has 41 heavy (non-hydrogen) atoms. The third kappa shape index (κ3) is 7.32. The molecule has 3 N–H and O–H groups in total. The summed E-state index contributed by atoms with van der Waals surface area (Å²) >= 11 is 6.34. The minimum Gasteiger partial charge on any atom is -0.496 e. The fraction of sp³-hybridized carbons (Fsp3) is 0.517. The number of rotatable bonds is 8. The Hall–Kier alpha value is -2.86. The van der Waals surface area contributed by atoms with E-state index in [-0.39, 0.29) is 41.7 Å². The first-order chi connectivity index (χ1) is 19.3. The second kappa shape index (κ2) is 12.6. The number of methoxy groups -OCH3 is 1. The van der Waals surface area contributed by atoms with Crippen molar-refractivity contribution in [2.45, 2.75) is 57.0 Å². The van der Waals surface area contributed by atoms with Gasteiger partial charge in [-0.15, -0.1) is 0 Å². The fourth-order valence-corrected chi connectivity index (χ4v) is 6.32. The number of nitrogens with zero attached hydrogens (tertiary/aromatic N) is 2. The molecule has 1 atom stereocenters. The van der Waals surface area contributed by atoms with Crippen molar-refractivity contribution in [1.29, 1.82) is 0 Å². The molecule has 0 aromatic heterocycles. The lowest BCUT2D eigenvalue weighted by atomic mass is 9.77. The Morgan fingerprint density at radius 2 is 1.76 bits per heavy atom. The van der Waals surface area contributed by atoms with Gasteiger partial charge in [-0.3, -0.25) is 9.59 Å². The van der Waals surface area contributed by atoms with Gasteiger partial charge >= 0.3 is 0 Å². The molecule has 2 aromatic carbocycles. The lowest BCUT2D eigenvalue weighted by molar-refractivity contribution is -0.137. The third-order valence-electron chi connectivity index (χ3n) is 7.98. The molecule has 0 spiro atoms. The summed E-state index contributed by atoms with van der Waals surface area (Å²) in [5.41, 5.74) is 1.13. The van der Waals surface area contributed by atoms with Crippen molar-refractivity contribution in [2.24, 2.45) is 10.6 Å². The second-order valence-corrected chi connectivity index (χ2v) is 13.1. The predicted molar refractivity (Wildman–Crippen MR) is 155 cm³/mol. The van der Waals surface area contributed by atoms with Crippen LogP contribution in [0.4, 0.5) is 0 Å². The Bertz CT molecular complexity index is 1390. The van der Waals surface area contributed by atoms with Gasteiger partial charge < -0.3 is 24.4 Å². The highest BCUT2D eigenvalue weighted by Crippen LogP contribution is 2.38. The number of piperidine rings is 2. The molecule has 224 valence electrons. The van der Waals surface area contributed by atoms with Crippen LogP contribution in [0.3, 0.4) is 0 Å². The number of sulfonamides is 1. The Labute approximate surface area is 246 Å². The van der Waals surface area contributed by atoms with E-state index in [0.717, 1.165) is 11.1 Å². The maximum absolute atomic E-state index is 13.8. The SMILES string of the molecule is COc1ccc(S(N)(=O)=O)cc1C(=O)N1CCC[C@](COc2cc(C)c(Cl)c(C)c2)(CC(=O)N2CCC(O)CC2)C1. The Balaban J connectivity index is 1.62. The quantitative estimate of drug-likeness (QED) is 0.469. The van der Waals surface area contributed by atoms with Gasteiger partial charge in [-0.2, -0.15) is 0 Å². The number of aliphatic hydroxyl groups is 1. The number of carbonyl (C=O) groups is 2. The van der Waals surface area contributed by atoms with Crippen molar-refractivity contribution in [3.05, 3.63) is 52.0 Å². The van der Waals surface area contributed by atoms with Crippen LogP contribution in [-0.4, -0.2) is 81.1 Å². The molecule has 0 radical (unpaired) electrons. The maximum Gasteiger partial charge on any atom is 0.257 e. The number of aliphatic hydroxyl groups excluding tert-OH is 1. The van der Waals surface area contributed by atoms with Crippen LogP contribution in [0.25, 0.3) is 0 Å². The molecule has 10 nitrogen and oxygen atoms in total. The van der Waals surface area contributed by atoms with Gasteiger partial charge in [0.25, 0.3) is 5.91 Å². The predicted octanol–water partition coefficient (Wildman–Crippen LogP) is 3.29. The van der Waals surface area contributed by atoms with Gasteiger partial charge in [0.15, 0.2) is 0 Å². The lowest BCUT2D eigenvalue weighted by Crippen LogP contribution is -2.51. The zero-order valence-electron chi connectivity index (χ0n) is 23.7. The van der Waals surface area contributed by atoms with E-state index >= 15 is 0 Å². The number of nitrogens with two attached hydrogens (primary N) is 1. The van der Waals surface area contributed by atoms with Crippen LogP contribution < -0.4 is 14.6 Å². The number of hydrogen-bond acceptors (Lipinski definition) is 7. The van der Waals surface area contributed by atoms with Crippen LogP contribution >= 0.6 is 11.6 Å². The van der Waals surface area contributed by atoms with E-state index in [9.17, 15) is 23.1 Å². The summed E-state index contributed by atoms with van der Waals surface area (Å²) < 4.78 is 35.6. The summed E-state index contributed by atoms with van der Waals surface area (Å²) in [6.45, 7) is 5.59. The number of likely N-dealkylation sites (tertiary alicyclic amines) is 2. The van der Waals surface area contributed by atoms with E-state index in [1.165, 1.54) is 25.3 Å². The minimum absolute atomic E-state index is 0.0490. The molecular formula is C29H38ClN3O7S. The molecule has 2 fully saturated rings. The van der Waals surface area contributed by atoms with Crippen molar-refractivity contribution >= 4 is 33.4 Å². The molecular weight excluding hydrogens is 570 g/mol. The topological polar surface area (TPSA) is 139 Å². The number of hydrogen-bond donors (Lipinski definition) is 2. The molecule has 2 aromatic rings. The van der Waals surface area contributed by atoms with E-state index < -0.39 is 27.4 Å². The highest BCUT2D eigenvalue weighted by atomic mass is 35.5. The molecule has 0 saturated carbocycles. The molecule has 2 aliphatic rings. The highest BCUT2D eigenvalue weighted by molar-refractivity contribution is 7.89. The number of ether oxygens (including phenoxy) is 2. The van der Waals surface area contributed by atoms with Crippen LogP contribution in [0.1, 0.15) is 53.6 Å². The van der Waals surface area contributed by atoms with Gasteiger partial charge in [0.05, 0.1) is 30.3 Å². The van der Waals surface area contributed by atoms with Gasteiger partial charge in [-0.25, -0.2) is 13.6 Å². The van der Waals surface area contributed by atoms with Crippen LogP contribution in [0.5, 0.6) is 11.5 Å². The van der Waals surface area contributed by atoms with Crippen LogP contribution in [0.2, 0.25) is 5.02 Å². The molecule has 4 rings (SSSR count). The smallest absolute Gasteiger partial charge is 0.257 e. The lowest BCUT2D eigenvalue weighted by Gasteiger charge is -2.43. The first kappa shape index (κ1) is 31.1. The van der Waals surface area contributed by atoms with E-state index in [4.69, 9.17) is 26.2 Å². The van der Waals surface area contributed by atoms with Crippen molar-refractivity contribution in [1.82, 2.24) is 9.80 Å². The highest BCUT2D eigenvalue weighted by Gasteiger charge is 2.42. The normalized spacial score (nSPS) is 20.1. The molecule has 2 aliphatic heterocycles. The molecule has 2 saturated heterocycles. The standard InChI is InChI=1S/C29H38ClN3O7S/c1-19-13-22(14-20(2)27(19)30)40-18-29(16-26(35)32-11-7-21(34)8-12-32)9-4-10-33(17-29)28(36)24-15-23(41(31,37)38)5-6-25(24)39-3/h5-6,13-15,21,34H,4,7-12,16-18H2,1-3H3,(H2,31,37,38)/t29-/m0/s1. The fourth-order valence-electron chi connectivity index (χ4n) is 5.67. The second-order valence-electron chi connectivity index (χ2n) is 11.2. The Kier molecular flexibility index (Phi) is 9.52. The van der Waals surface area contributed by atoms with Gasteiger partial charge in [0, 0.05) is 43.0 Å². The summed E-state index contributed by atoms with van der Waals surface area (Å²) in [6.07, 6.45) is 2.09. The summed E-state index contributed by atoms with van der Waals surface area (Å²) in [7, 11) is -2.64. The zero-order valence-corrected chi connectivity index (χ0v) is 25.3. The summed E-state index contributed by atoms with van der Waals surface area (Å²) in [4.78, 5) is 30.5. The van der Waals surface area contributed by atoms with Gasteiger partial charge in [-0.1, -0.05) is 11.6 Å². The van der Waals surface area contributed by atoms with Gasteiger partial charge in [0.1, 0.15) is 11.5 Å². The van der Waals surface area contributed by atoms with Crippen molar-refractivity contribution in [2.75, 3.05) is 39.9 Å². The molecule has 0 unspecified atom stereocenters. The van der Waals surface area contributed by atoms with Crippen molar-refractivity contribution in [3.8, 4) is 11.5 Å². The average molecular weight is 608 g/mol. The number of aryl methyl sites for hydroxylation is 2. The number of halogens is 1. The molecule has 0 bridgehead atoms. The number of carbonyl (C=O) groups excluding carboxylic acids is 2. The maximum atomic E-state index is 13.8. The average Bonchev–Trinajstić information content (AvgIpc) is 2.94. The first-order valence-corrected chi connectivity index (χ1v) is 15.6. The van der Waals surface area contributed by atoms with E-state index in [1.807, 2.05) is 26.0 Å². The van der Waals surface area contributed by atoms with Crippen LogP contribution in [0, 0.1) is 19.3 Å². The number of primary sulfonamides is 1. The molecule has 2 amide bonds. The van der Waals surface area contributed by atoms with Crippen molar-refractivity contribution in [3.63, 3.8) is 0 Å². The summed E-state index contributed by atoms with van der Waals surface area (Å²) in [5, 5.41) is 15.9. The van der Waals surface area contributed by atoms with Gasteiger partial charge in [-0.05, 0) is 81.0 Å². The first-order valence-electron chi connectivity index (χ1n) is 13.7. The molecule has 12 heteroatoms. The number of benzene rings is 2.